The van der Waals surface area contributed by atoms with E-state index in [1.807, 2.05) is 54.6 Å². The number of carbonyl (C=O) groups is 1. The van der Waals surface area contributed by atoms with E-state index >= 15 is 0 Å². The molecule has 0 aliphatic carbocycles. The molecule has 1 amide bonds. The highest BCUT2D eigenvalue weighted by atomic mass is 32.2. The third-order valence-corrected chi connectivity index (χ3v) is 9.26. The van der Waals surface area contributed by atoms with Gasteiger partial charge in [0.1, 0.15) is 9.96 Å². The lowest BCUT2D eigenvalue weighted by Gasteiger charge is -2.08. The highest BCUT2D eigenvalue weighted by Crippen LogP contribution is 2.32. The normalized spacial score (nSPS) is 11.5. The fraction of sp³-hybridized carbons (Fsp3) is 0.138. The summed E-state index contributed by atoms with van der Waals surface area (Å²) in [4.78, 5) is 16.5. The summed E-state index contributed by atoms with van der Waals surface area (Å²) in [7, 11) is -2.06. The van der Waals surface area contributed by atoms with Crippen LogP contribution in [0.25, 0.3) is 22.2 Å². The molecule has 194 valence electrons. The Morgan fingerprint density at radius 2 is 1.66 bits per heavy atom. The van der Waals surface area contributed by atoms with Crippen LogP contribution in [-0.2, 0) is 23.0 Å². The minimum atomic E-state index is -3.69. The van der Waals surface area contributed by atoms with Crippen molar-refractivity contribution in [1.29, 1.82) is 0 Å². The minimum Gasteiger partial charge on any atom is -0.497 e. The number of fused-ring (bicyclic) bond motifs is 1. The zero-order valence-electron chi connectivity index (χ0n) is 20.7. The van der Waals surface area contributed by atoms with Crippen molar-refractivity contribution in [3.63, 3.8) is 0 Å². The van der Waals surface area contributed by atoms with Crippen molar-refractivity contribution in [2.24, 2.45) is 0 Å². The maximum absolute atomic E-state index is 13.0. The molecule has 2 heterocycles. The van der Waals surface area contributed by atoms with Gasteiger partial charge in [-0.3, -0.25) is 4.79 Å². The zero-order valence-corrected chi connectivity index (χ0v) is 22.4. The second kappa shape index (κ2) is 11.2. The van der Waals surface area contributed by atoms with Gasteiger partial charge in [-0.2, -0.15) is 0 Å². The second-order valence-corrected chi connectivity index (χ2v) is 11.8. The molecule has 0 saturated carbocycles. The van der Waals surface area contributed by atoms with E-state index in [-0.39, 0.29) is 23.2 Å². The Morgan fingerprint density at radius 3 is 2.42 bits per heavy atom. The zero-order chi connectivity index (χ0) is 26.5. The lowest BCUT2D eigenvalue weighted by molar-refractivity contribution is 0.0951. The number of carbonyl (C=O) groups excluding carboxylic acids is 1. The molecule has 5 aromatic rings. The van der Waals surface area contributed by atoms with E-state index < -0.39 is 10.0 Å². The summed E-state index contributed by atoms with van der Waals surface area (Å²) in [5.74, 6) is 0.571. The Kier molecular flexibility index (Phi) is 7.59. The first kappa shape index (κ1) is 25.7. The summed E-state index contributed by atoms with van der Waals surface area (Å²) in [5, 5.41) is 3.89. The van der Waals surface area contributed by atoms with Crippen molar-refractivity contribution in [2.75, 3.05) is 13.7 Å². The minimum absolute atomic E-state index is 0.201. The summed E-state index contributed by atoms with van der Waals surface area (Å²) >= 11 is 1.15. The number of thiophene rings is 1. The molecule has 0 radical (unpaired) electrons. The molecule has 0 fully saturated rings. The Balaban J connectivity index is 1.26. The first-order chi connectivity index (χ1) is 18.4. The number of H-pyrrole nitrogens is 1. The molecular weight excluding hydrogens is 518 g/mol. The molecule has 7 nitrogen and oxygen atoms in total. The van der Waals surface area contributed by atoms with Crippen molar-refractivity contribution in [3.8, 4) is 17.0 Å². The largest absolute Gasteiger partial charge is 0.497 e. The van der Waals surface area contributed by atoms with Gasteiger partial charge in [0.2, 0.25) is 10.0 Å². The molecule has 0 spiro atoms. The molecule has 3 aromatic carbocycles. The molecule has 2 aromatic heterocycles. The van der Waals surface area contributed by atoms with Crippen molar-refractivity contribution in [2.45, 2.75) is 17.2 Å². The first-order valence-electron chi connectivity index (χ1n) is 12.1. The van der Waals surface area contributed by atoms with Crippen LogP contribution in [0.2, 0.25) is 0 Å². The van der Waals surface area contributed by atoms with Gasteiger partial charge in [-0.25, -0.2) is 13.1 Å². The summed E-state index contributed by atoms with van der Waals surface area (Å²) in [6.45, 7) is 0.500. The molecule has 0 aliphatic heterocycles. The number of para-hydroxylation sites is 1. The Morgan fingerprint density at radius 1 is 0.921 bits per heavy atom. The molecular formula is C29H27N3O4S2. The van der Waals surface area contributed by atoms with Crippen LogP contribution in [0, 0.1) is 0 Å². The maximum atomic E-state index is 13.0. The number of hydrogen-bond acceptors (Lipinski definition) is 5. The van der Waals surface area contributed by atoms with Gasteiger partial charge in [0.25, 0.3) is 5.91 Å². The maximum Gasteiger partial charge on any atom is 0.251 e. The van der Waals surface area contributed by atoms with E-state index in [1.54, 1.807) is 43.5 Å². The molecule has 0 bridgehead atoms. The van der Waals surface area contributed by atoms with Crippen molar-refractivity contribution >= 4 is 38.2 Å². The third-order valence-electron chi connectivity index (χ3n) is 6.22. The average Bonchev–Trinajstić information content (AvgIpc) is 3.58. The van der Waals surface area contributed by atoms with E-state index in [4.69, 9.17) is 4.74 Å². The van der Waals surface area contributed by atoms with Gasteiger partial charge in [-0.15, -0.1) is 11.3 Å². The number of methoxy groups -OCH3 is 1. The standard InChI is InChI=1S/C29H27N3O4S2/c1-36-22-13-11-20(12-14-22)28-25(24-9-5-6-10-26(24)32-28)17-18-31-38(34,35)27-16-15-23(37-27)19-30-29(33)21-7-3-2-4-8-21/h2-16,31-32H,17-19H2,1H3,(H,30,33). The van der Waals surface area contributed by atoms with Crippen LogP contribution in [0.3, 0.4) is 0 Å². The van der Waals surface area contributed by atoms with Crippen LogP contribution in [0.15, 0.2) is 95.2 Å². The number of aromatic nitrogens is 1. The second-order valence-electron chi connectivity index (χ2n) is 8.67. The van der Waals surface area contributed by atoms with Gasteiger partial charge < -0.3 is 15.0 Å². The number of amides is 1. The van der Waals surface area contributed by atoms with Gasteiger partial charge in [0.15, 0.2) is 0 Å². The molecule has 0 aliphatic rings. The molecule has 0 unspecified atom stereocenters. The molecule has 0 saturated heterocycles. The summed E-state index contributed by atoms with van der Waals surface area (Å²) in [6, 6.07) is 28.0. The molecule has 3 N–H and O–H groups in total. The summed E-state index contributed by atoms with van der Waals surface area (Å²) in [6.07, 6.45) is 0.510. The molecule has 5 rings (SSSR count). The predicted molar refractivity (Wildman–Crippen MR) is 151 cm³/mol. The monoisotopic (exact) mass is 545 g/mol. The SMILES string of the molecule is COc1ccc(-c2[nH]c3ccccc3c2CCNS(=O)(=O)c2ccc(CNC(=O)c3ccccc3)s2)cc1. The van der Waals surface area contributed by atoms with Crippen LogP contribution < -0.4 is 14.8 Å². The topological polar surface area (TPSA) is 100 Å². The Bertz CT molecular complexity index is 1660. The van der Waals surface area contributed by atoms with Gasteiger partial charge in [0.05, 0.1) is 13.7 Å². The summed E-state index contributed by atoms with van der Waals surface area (Å²) < 4.78 is 34.3. The van der Waals surface area contributed by atoms with Gasteiger partial charge >= 0.3 is 0 Å². The number of sulfonamides is 1. The van der Waals surface area contributed by atoms with Crippen LogP contribution in [0.5, 0.6) is 5.75 Å². The summed E-state index contributed by atoms with van der Waals surface area (Å²) in [5.41, 5.74) is 4.56. The van der Waals surface area contributed by atoms with Crippen LogP contribution in [0.1, 0.15) is 20.8 Å². The highest BCUT2D eigenvalue weighted by Gasteiger charge is 2.19. The number of ether oxygens (including phenoxy) is 1. The fourth-order valence-electron chi connectivity index (χ4n) is 4.30. The molecule has 0 atom stereocenters. The number of benzene rings is 3. The van der Waals surface area contributed by atoms with E-state index in [1.165, 1.54) is 0 Å². The first-order valence-corrected chi connectivity index (χ1v) is 14.4. The lowest BCUT2D eigenvalue weighted by Crippen LogP contribution is -2.25. The van der Waals surface area contributed by atoms with Crippen LogP contribution in [-0.4, -0.2) is 33.0 Å². The Labute approximate surface area is 225 Å². The molecule has 38 heavy (non-hydrogen) atoms. The number of nitrogens with one attached hydrogen (secondary N) is 3. The Hall–Kier alpha value is -3.92. The van der Waals surface area contributed by atoms with E-state index in [0.717, 1.165) is 49.7 Å². The quantitative estimate of drug-likeness (QED) is 0.220. The number of rotatable bonds is 10. The number of aromatic amines is 1. The smallest absolute Gasteiger partial charge is 0.251 e. The van der Waals surface area contributed by atoms with Crippen LogP contribution >= 0.6 is 11.3 Å². The van der Waals surface area contributed by atoms with Gasteiger partial charge in [-0.1, -0.05) is 36.4 Å². The predicted octanol–water partition coefficient (Wildman–Crippen LogP) is 5.36. The average molecular weight is 546 g/mol. The lowest BCUT2D eigenvalue weighted by atomic mass is 10.0. The van der Waals surface area contributed by atoms with Crippen molar-refractivity contribution < 1.29 is 17.9 Å². The van der Waals surface area contributed by atoms with Crippen molar-refractivity contribution in [3.05, 3.63) is 107 Å². The van der Waals surface area contributed by atoms with Gasteiger partial charge in [-0.05, 0) is 72.1 Å². The van der Waals surface area contributed by atoms with Crippen LogP contribution in [0.4, 0.5) is 0 Å². The highest BCUT2D eigenvalue weighted by molar-refractivity contribution is 7.91. The van der Waals surface area contributed by atoms with E-state index in [0.29, 0.717) is 12.0 Å². The molecule has 9 heteroatoms. The van der Waals surface area contributed by atoms with E-state index in [9.17, 15) is 13.2 Å². The van der Waals surface area contributed by atoms with E-state index in [2.05, 4.69) is 15.0 Å². The number of hydrogen-bond donors (Lipinski definition) is 3. The fourth-order valence-corrected chi connectivity index (χ4v) is 6.67. The van der Waals surface area contributed by atoms with Gasteiger partial charge in [0, 0.05) is 33.6 Å². The third kappa shape index (κ3) is 5.65. The van der Waals surface area contributed by atoms with Crippen molar-refractivity contribution in [1.82, 2.24) is 15.0 Å².